The van der Waals surface area contributed by atoms with Gasteiger partial charge in [0.15, 0.2) is 0 Å². The molecule has 1 aliphatic heterocycles. The number of aromatic nitrogens is 2. The molecule has 1 amide bonds. The van der Waals surface area contributed by atoms with E-state index in [9.17, 15) is 4.79 Å². The fourth-order valence-corrected chi connectivity index (χ4v) is 1.69. The van der Waals surface area contributed by atoms with E-state index in [0.717, 1.165) is 18.8 Å². The van der Waals surface area contributed by atoms with Crippen LogP contribution in [0.3, 0.4) is 0 Å². The van der Waals surface area contributed by atoms with Gasteiger partial charge in [-0.1, -0.05) is 15.9 Å². The van der Waals surface area contributed by atoms with Crippen LogP contribution in [0.4, 0.5) is 0 Å². The minimum Gasteiger partial charge on any atom is -0.339 e. The molecular weight excluding hydrogens is 234 g/mol. The molecule has 0 saturated carbocycles. The molecule has 0 saturated heterocycles. The van der Waals surface area contributed by atoms with E-state index >= 15 is 0 Å². The third-order valence-corrected chi connectivity index (χ3v) is 2.76. The second kappa shape index (κ2) is 3.14. The monoisotopic (exact) mass is 243 g/mol. The molecule has 2 rings (SSSR count). The summed E-state index contributed by atoms with van der Waals surface area (Å²) >= 11 is 3.32. The summed E-state index contributed by atoms with van der Waals surface area (Å²) in [6.45, 7) is 1.54. The van der Waals surface area contributed by atoms with Gasteiger partial charge in [-0.25, -0.2) is 0 Å². The number of alkyl halides is 1. The molecule has 0 atom stereocenters. The first-order valence-corrected chi connectivity index (χ1v) is 5.22. The first kappa shape index (κ1) is 8.74. The van der Waals surface area contributed by atoms with Crippen LogP contribution in [0.25, 0.3) is 0 Å². The van der Waals surface area contributed by atoms with E-state index in [2.05, 4.69) is 21.0 Å². The Kier molecular flexibility index (Phi) is 2.11. The maximum atomic E-state index is 11.6. The van der Waals surface area contributed by atoms with Crippen molar-refractivity contribution in [2.24, 2.45) is 0 Å². The van der Waals surface area contributed by atoms with Crippen molar-refractivity contribution in [3.05, 3.63) is 17.5 Å². The van der Waals surface area contributed by atoms with Crippen molar-refractivity contribution in [1.29, 1.82) is 0 Å². The largest absolute Gasteiger partial charge is 0.339 e. The molecule has 70 valence electrons. The van der Waals surface area contributed by atoms with Crippen LogP contribution < -0.4 is 0 Å². The van der Waals surface area contributed by atoms with Crippen LogP contribution in [-0.4, -0.2) is 34.2 Å². The van der Waals surface area contributed by atoms with Gasteiger partial charge in [0, 0.05) is 18.9 Å². The molecule has 0 spiro atoms. The van der Waals surface area contributed by atoms with Gasteiger partial charge >= 0.3 is 0 Å². The van der Waals surface area contributed by atoms with E-state index in [1.54, 1.807) is 9.58 Å². The molecule has 13 heavy (non-hydrogen) atoms. The van der Waals surface area contributed by atoms with Gasteiger partial charge < -0.3 is 4.90 Å². The maximum Gasteiger partial charge on any atom is 0.271 e. The zero-order chi connectivity index (χ0) is 9.42. The lowest BCUT2D eigenvalue weighted by Gasteiger charge is -2.22. The number of nitrogens with zero attached hydrogens (tertiary/aromatic N) is 3. The molecule has 2 heterocycles. The van der Waals surface area contributed by atoms with Gasteiger partial charge in [0.25, 0.3) is 5.91 Å². The Morgan fingerprint density at radius 1 is 1.62 bits per heavy atom. The molecular formula is C8H10BrN3O. The van der Waals surface area contributed by atoms with Crippen LogP contribution in [0.15, 0.2) is 6.07 Å². The Morgan fingerprint density at radius 2 is 2.38 bits per heavy atom. The number of hydrogen-bond acceptors (Lipinski definition) is 2. The lowest BCUT2D eigenvalue weighted by molar-refractivity contribution is 0.0743. The second-order valence-electron chi connectivity index (χ2n) is 3.10. The van der Waals surface area contributed by atoms with Crippen LogP contribution in [-0.2, 0) is 11.9 Å². The Bertz CT molecular complexity index is 347. The highest BCUT2D eigenvalue weighted by molar-refractivity contribution is 9.08. The van der Waals surface area contributed by atoms with Gasteiger partial charge in [0.1, 0.15) is 5.69 Å². The van der Waals surface area contributed by atoms with Crippen molar-refractivity contribution in [3.63, 3.8) is 0 Å². The number of hydrogen-bond donors (Lipinski definition) is 0. The Balaban J connectivity index is 2.42. The molecule has 0 bridgehead atoms. The zero-order valence-corrected chi connectivity index (χ0v) is 8.91. The number of likely N-dealkylation sites (N-methyl/N-ethyl adjacent to an activating group) is 1. The smallest absolute Gasteiger partial charge is 0.271 e. The molecule has 4 nitrogen and oxygen atoms in total. The average molecular weight is 244 g/mol. The van der Waals surface area contributed by atoms with Gasteiger partial charge in [-0.05, 0) is 6.07 Å². The third-order valence-electron chi connectivity index (χ3n) is 2.18. The molecule has 0 aliphatic carbocycles. The number of carbonyl (C=O) groups excluding carboxylic acids is 1. The molecule has 1 aromatic heterocycles. The van der Waals surface area contributed by atoms with Crippen LogP contribution in [0, 0.1) is 0 Å². The Labute approximate surface area is 84.6 Å². The molecule has 0 fully saturated rings. The number of amides is 1. The van der Waals surface area contributed by atoms with Crippen LogP contribution >= 0.6 is 15.9 Å². The van der Waals surface area contributed by atoms with Crippen LogP contribution in [0.1, 0.15) is 16.2 Å². The first-order valence-electron chi connectivity index (χ1n) is 4.10. The van der Waals surface area contributed by atoms with Crippen molar-refractivity contribution in [2.45, 2.75) is 11.9 Å². The fraction of sp³-hybridized carbons (Fsp3) is 0.500. The number of halogens is 1. The number of fused-ring (bicyclic) bond motifs is 1. The minimum absolute atomic E-state index is 0.0611. The highest BCUT2D eigenvalue weighted by Crippen LogP contribution is 2.13. The second-order valence-corrected chi connectivity index (χ2v) is 3.67. The van der Waals surface area contributed by atoms with Crippen molar-refractivity contribution in [3.8, 4) is 0 Å². The summed E-state index contributed by atoms with van der Waals surface area (Å²) in [5.74, 6) is 0.0611. The van der Waals surface area contributed by atoms with E-state index < -0.39 is 0 Å². The highest BCUT2D eigenvalue weighted by Gasteiger charge is 2.22. The number of carbonyl (C=O) groups is 1. The van der Waals surface area contributed by atoms with Crippen molar-refractivity contribution in [2.75, 3.05) is 13.6 Å². The van der Waals surface area contributed by atoms with Gasteiger partial charge in [-0.2, -0.15) is 5.10 Å². The molecule has 1 aliphatic rings. The molecule has 0 aromatic carbocycles. The lowest BCUT2D eigenvalue weighted by atomic mass is 10.3. The first-order chi connectivity index (χ1) is 6.22. The predicted octanol–water partition coefficient (Wildman–Crippen LogP) is 0.864. The average Bonchev–Trinajstić information content (AvgIpc) is 2.55. The van der Waals surface area contributed by atoms with E-state index in [4.69, 9.17) is 0 Å². The maximum absolute atomic E-state index is 11.6. The summed E-state index contributed by atoms with van der Waals surface area (Å²) in [5, 5.41) is 4.97. The van der Waals surface area contributed by atoms with Crippen molar-refractivity contribution < 1.29 is 4.79 Å². The predicted molar refractivity (Wildman–Crippen MR) is 51.8 cm³/mol. The molecule has 0 N–H and O–H groups in total. The lowest BCUT2D eigenvalue weighted by Crippen LogP contribution is -2.37. The van der Waals surface area contributed by atoms with Crippen molar-refractivity contribution >= 4 is 21.8 Å². The van der Waals surface area contributed by atoms with Crippen LogP contribution in [0.5, 0.6) is 0 Å². The van der Waals surface area contributed by atoms with E-state index in [-0.39, 0.29) is 5.91 Å². The number of rotatable bonds is 1. The van der Waals surface area contributed by atoms with Gasteiger partial charge in [0.05, 0.1) is 12.2 Å². The summed E-state index contributed by atoms with van der Waals surface area (Å²) in [7, 11) is 1.81. The van der Waals surface area contributed by atoms with Gasteiger partial charge in [-0.3, -0.25) is 9.48 Å². The minimum atomic E-state index is 0.0611. The Hall–Kier alpha value is -0.840. The topological polar surface area (TPSA) is 38.1 Å². The van der Waals surface area contributed by atoms with Crippen molar-refractivity contribution in [1.82, 2.24) is 14.7 Å². The fourth-order valence-electron chi connectivity index (χ4n) is 1.42. The zero-order valence-electron chi connectivity index (χ0n) is 7.33. The van der Waals surface area contributed by atoms with E-state index in [1.165, 1.54) is 0 Å². The summed E-state index contributed by atoms with van der Waals surface area (Å²) < 4.78 is 1.78. The van der Waals surface area contributed by atoms with Gasteiger partial charge in [-0.15, -0.1) is 0 Å². The summed E-state index contributed by atoms with van der Waals surface area (Å²) in [5.41, 5.74) is 1.61. The van der Waals surface area contributed by atoms with Gasteiger partial charge in [0.2, 0.25) is 0 Å². The molecule has 5 heteroatoms. The quantitative estimate of drug-likeness (QED) is 0.687. The summed E-state index contributed by atoms with van der Waals surface area (Å²) in [6, 6.07) is 1.84. The Morgan fingerprint density at radius 3 is 3.08 bits per heavy atom. The van der Waals surface area contributed by atoms with E-state index in [1.807, 2.05) is 13.1 Å². The highest BCUT2D eigenvalue weighted by atomic mass is 79.9. The standard InChI is InChI=1S/C8H10BrN3O/c1-11-2-3-12-7(8(11)13)4-6(5-9)10-12/h4H,2-3,5H2,1H3. The SMILES string of the molecule is CN1CCn2nc(CBr)cc2C1=O. The third kappa shape index (κ3) is 1.37. The summed E-state index contributed by atoms with van der Waals surface area (Å²) in [4.78, 5) is 13.3. The molecule has 0 radical (unpaired) electrons. The summed E-state index contributed by atoms with van der Waals surface area (Å²) in [6.07, 6.45) is 0. The normalized spacial score (nSPS) is 16.2. The molecule has 1 aromatic rings. The van der Waals surface area contributed by atoms with E-state index in [0.29, 0.717) is 11.0 Å². The van der Waals surface area contributed by atoms with Crippen LogP contribution in [0.2, 0.25) is 0 Å². The molecule has 0 unspecified atom stereocenters.